The molecule has 0 aliphatic carbocycles. The number of rotatable bonds is 8. The van der Waals surface area contributed by atoms with E-state index in [1.165, 1.54) is 0 Å². The lowest BCUT2D eigenvalue weighted by Gasteiger charge is -2.20. The Kier molecular flexibility index (Phi) is 8.46. The summed E-state index contributed by atoms with van der Waals surface area (Å²) in [5.41, 5.74) is -0.509. The number of aliphatic hydroxyl groups excluding tert-OH is 1. The smallest absolute Gasteiger partial charge is 0.308 e. The first-order chi connectivity index (χ1) is 8.78. The van der Waals surface area contributed by atoms with Gasteiger partial charge in [0.05, 0.1) is 18.6 Å². The van der Waals surface area contributed by atoms with Gasteiger partial charge in [-0.05, 0) is 40.0 Å². The highest BCUT2D eigenvalue weighted by Crippen LogP contribution is 2.13. The van der Waals surface area contributed by atoms with Gasteiger partial charge in [0.25, 0.3) is 0 Å². The van der Waals surface area contributed by atoms with E-state index < -0.39 is 11.7 Å². The van der Waals surface area contributed by atoms with Crippen LogP contribution in [0.1, 0.15) is 52.9 Å². The van der Waals surface area contributed by atoms with Crippen molar-refractivity contribution in [1.82, 2.24) is 0 Å². The Balaban J connectivity index is 3.84. The van der Waals surface area contributed by atoms with Gasteiger partial charge in [0.2, 0.25) is 0 Å². The maximum absolute atomic E-state index is 11.5. The Morgan fingerprint density at radius 1 is 1.37 bits per heavy atom. The Hall–Kier alpha value is -1.05. The number of aliphatic hydroxyl groups is 1. The van der Waals surface area contributed by atoms with Crippen LogP contribution in [0.25, 0.3) is 0 Å². The van der Waals surface area contributed by atoms with Gasteiger partial charge in [0.15, 0.2) is 0 Å². The summed E-state index contributed by atoms with van der Waals surface area (Å²) in [6.07, 6.45) is 7.28. The molecular weight excluding hydrogens is 244 g/mol. The Morgan fingerprint density at radius 2 is 2.00 bits per heavy atom. The fraction of sp³-hybridized carbons (Fsp3) is 0.800. The second-order valence-electron chi connectivity index (χ2n) is 5.64. The summed E-state index contributed by atoms with van der Waals surface area (Å²) >= 11 is 0. The average Bonchev–Trinajstić information content (AvgIpc) is 2.24. The first kappa shape index (κ1) is 17.9. The molecule has 0 heterocycles. The predicted octanol–water partition coefficient (Wildman–Crippen LogP) is 2.29. The summed E-state index contributed by atoms with van der Waals surface area (Å²) in [7, 11) is 1.62. The van der Waals surface area contributed by atoms with Gasteiger partial charge < -0.3 is 14.6 Å². The molecule has 0 fully saturated rings. The summed E-state index contributed by atoms with van der Waals surface area (Å²) in [4.78, 5) is 11.5. The first-order valence-corrected chi connectivity index (χ1v) is 6.64. The number of carbonyl (C=O) groups is 1. The largest absolute Gasteiger partial charge is 0.460 e. The molecule has 4 nitrogen and oxygen atoms in total. The number of hydrogen-bond acceptors (Lipinski definition) is 4. The molecule has 2 atom stereocenters. The third kappa shape index (κ3) is 10.5. The lowest BCUT2D eigenvalue weighted by atomic mass is 10.0. The van der Waals surface area contributed by atoms with Gasteiger partial charge >= 0.3 is 5.97 Å². The molecule has 0 amide bonds. The van der Waals surface area contributed by atoms with Crippen molar-refractivity contribution in [3.63, 3.8) is 0 Å². The van der Waals surface area contributed by atoms with Crippen LogP contribution in [0.5, 0.6) is 0 Å². The molecule has 19 heavy (non-hydrogen) atoms. The molecule has 4 heteroatoms. The van der Waals surface area contributed by atoms with Crippen molar-refractivity contribution in [2.24, 2.45) is 0 Å². The van der Waals surface area contributed by atoms with Gasteiger partial charge in [0.1, 0.15) is 5.60 Å². The van der Waals surface area contributed by atoms with Gasteiger partial charge in [-0.15, -0.1) is 12.3 Å². The van der Waals surface area contributed by atoms with Gasteiger partial charge in [0, 0.05) is 13.5 Å². The van der Waals surface area contributed by atoms with Crippen LogP contribution in [0, 0.1) is 12.3 Å². The molecule has 0 aromatic rings. The van der Waals surface area contributed by atoms with E-state index in [1.54, 1.807) is 27.9 Å². The van der Waals surface area contributed by atoms with Crippen molar-refractivity contribution in [2.45, 2.75) is 70.7 Å². The monoisotopic (exact) mass is 270 g/mol. The van der Waals surface area contributed by atoms with E-state index in [0.29, 0.717) is 12.8 Å². The summed E-state index contributed by atoms with van der Waals surface area (Å²) in [6, 6.07) is 0. The number of carbonyl (C=O) groups excluding carboxylic acids is 1. The standard InChI is InChI=1S/C15H26O4/c1-6-8-13(18-5)10-7-9-12(16)11-14(17)19-15(2,3)4/h1,12-13,16H,7-11H2,2-5H3. The van der Waals surface area contributed by atoms with Crippen LogP contribution in [0.4, 0.5) is 0 Å². The average molecular weight is 270 g/mol. The quantitative estimate of drug-likeness (QED) is 0.543. The molecule has 0 aliphatic rings. The van der Waals surface area contributed by atoms with E-state index >= 15 is 0 Å². The number of ether oxygens (including phenoxy) is 2. The van der Waals surface area contributed by atoms with Crippen molar-refractivity contribution >= 4 is 5.97 Å². The Labute approximate surface area is 116 Å². The van der Waals surface area contributed by atoms with Crippen LogP contribution in [0.2, 0.25) is 0 Å². The molecule has 2 unspecified atom stereocenters. The molecule has 0 saturated carbocycles. The van der Waals surface area contributed by atoms with Crippen LogP contribution in [0.3, 0.4) is 0 Å². The van der Waals surface area contributed by atoms with Crippen molar-refractivity contribution in [1.29, 1.82) is 0 Å². The lowest BCUT2D eigenvalue weighted by Crippen LogP contribution is -2.26. The minimum atomic E-state index is -0.668. The van der Waals surface area contributed by atoms with E-state index in [0.717, 1.165) is 12.8 Å². The van der Waals surface area contributed by atoms with Crippen LogP contribution in [0.15, 0.2) is 0 Å². The summed E-state index contributed by atoms with van der Waals surface area (Å²) in [5.74, 6) is 2.18. The van der Waals surface area contributed by atoms with E-state index in [9.17, 15) is 9.90 Å². The number of methoxy groups -OCH3 is 1. The Morgan fingerprint density at radius 3 is 2.47 bits per heavy atom. The maximum Gasteiger partial charge on any atom is 0.308 e. The van der Waals surface area contributed by atoms with E-state index in [4.69, 9.17) is 15.9 Å². The second-order valence-corrected chi connectivity index (χ2v) is 5.64. The Bertz CT molecular complexity index is 298. The second kappa shape index (κ2) is 8.95. The van der Waals surface area contributed by atoms with E-state index in [-0.39, 0.29) is 18.5 Å². The fourth-order valence-electron chi connectivity index (χ4n) is 1.69. The molecule has 110 valence electrons. The van der Waals surface area contributed by atoms with E-state index in [2.05, 4.69) is 5.92 Å². The summed E-state index contributed by atoms with van der Waals surface area (Å²) < 4.78 is 10.3. The van der Waals surface area contributed by atoms with E-state index in [1.807, 2.05) is 0 Å². The molecule has 0 aliphatic heterocycles. The fourth-order valence-corrected chi connectivity index (χ4v) is 1.69. The van der Waals surface area contributed by atoms with Crippen molar-refractivity contribution in [3.05, 3.63) is 0 Å². The predicted molar refractivity (Wildman–Crippen MR) is 74.6 cm³/mol. The maximum atomic E-state index is 11.5. The topological polar surface area (TPSA) is 55.8 Å². The number of hydrogen-bond donors (Lipinski definition) is 1. The molecular formula is C15H26O4. The van der Waals surface area contributed by atoms with Crippen LogP contribution < -0.4 is 0 Å². The highest BCUT2D eigenvalue weighted by Gasteiger charge is 2.19. The normalized spacial score (nSPS) is 14.5. The summed E-state index contributed by atoms with van der Waals surface area (Å²) in [6.45, 7) is 5.42. The zero-order valence-electron chi connectivity index (χ0n) is 12.4. The molecule has 0 spiro atoms. The van der Waals surface area contributed by atoms with Crippen LogP contribution in [-0.2, 0) is 14.3 Å². The summed E-state index contributed by atoms with van der Waals surface area (Å²) in [5, 5.41) is 9.75. The number of terminal acetylenes is 1. The third-order valence-electron chi connectivity index (χ3n) is 2.56. The van der Waals surface area contributed by atoms with Gasteiger partial charge in [-0.2, -0.15) is 0 Å². The number of esters is 1. The molecule has 0 rings (SSSR count). The molecule has 0 aromatic heterocycles. The van der Waals surface area contributed by atoms with Crippen molar-refractivity contribution < 1.29 is 19.4 Å². The van der Waals surface area contributed by atoms with Gasteiger partial charge in [-0.1, -0.05) is 0 Å². The minimum Gasteiger partial charge on any atom is -0.460 e. The minimum absolute atomic E-state index is 0.0266. The van der Waals surface area contributed by atoms with Gasteiger partial charge in [-0.25, -0.2) is 0 Å². The molecule has 0 aromatic carbocycles. The third-order valence-corrected chi connectivity index (χ3v) is 2.56. The van der Waals surface area contributed by atoms with Crippen molar-refractivity contribution in [2.75, 3.05) is 7.11 Å². The SMILES string of the molecule is C#CCC(CCCC(O)CC(=O)OC(C)(C)C)OC. The van der Waals surface area contributed by atoms with Crippen molar-refractivity contribution in [3.8, 4) is 12.3 Å². The highest BCUT2D eigenvalue weighted by atomic mass is 16.6. The van der Waals surface area contributed by atoms with Gasteiger partial charge in [-0.3, -0.25) is 4.79 Å². The lowest BCUT2D eigenvalue weighted by molar-refractivity contribution is -0.157. The molecule has 0 radical (unpaired) electrons. The first-order valence-electron chi connectivity index (χ1n) is 6.64. The zero-order chi connectivity index (χ0) is 14.9. The van der Waals surface area contributed by atoms with Crippen LogP contribution >= 0.6 is 0 Å². The molecule has 0 saturated heterocycles. The van der Waals surface area contributed by atoms with Crippen LogP contribution in [-0.4, -0.2) is 36.0 Å². The zero-order valence-corrected chi connectivity index (χ0v) is 12.4. The molecule has 0 bridgehead atoms. The molecule has 1 N–H and O–H groups in total. The highest BCUT2D eigenvalue weighted by molar-refractivity contribution is 5.70.